The van der Waals surface area contributed by atoms with Gasteiger partial charge in [-0.05, 0) is 54.9 Å². The lowest BCUT2D eigenvalue weighted by atomic mass is 9.68. The highest BCUT2D eigenvalue weighted by Gasteiger charge is 2.48. The Kier molecular flexibility index (Phi) is 3.55. The van der Waals surface area contributed by atoms with Crippen molar-refractivity contribution >= 4 is 11.8 Å². The second kappa shape index (κ2) is 5.29. The van der Waals surface area contributed by atoms with Gasteiger partial charge in [0, 0.05) is 18.8 Å². The third-order valence-corrected chi connectivity index (χ3v) is 6.99. The van der Waals surface area contributed by atoms with Crippen molar-refractivity contribution in [3.8, 4) is 0 Å². The number of fused-ring (bicyclic) bond motifs is 1. The van der Waals surface area contributed by atoms with Crippen molar-refractivity contribution in [1.82, 2.24) is 0 Å². The quantitative estimate of drug-likeness (QED) is 0.864. The fourth-order valence-corrected chi connectivity index (χ4v) is 5.82. The first-order valence-corrected chi connectivity index (χ1v) is 9.36. The van der Waals surface area contributed by atoms with E-state index in [9.17, 15) is 5.11 Å². The van der Waals surface area contributed by atoms with Crippen LogP contribution in [0, 0.1) is 5.92 Å². The Balaban J connectivity index is 1.55. The molecule has 1 aromatic carbocycles. The minimum Gasteiger partial charge on any atom is -0.389 e. The van der Waals surface area contributed by atoms with E-state index in [2.05, 4.69) is 24.3 Å². The Labute approximate surface area is 131 Å². The molecule has 3 heteroatoms. The third-order valence-electron chi connectivity index (χ3n) is 5.76. The van der Waals surface area contributed by atoms with E-state index in [4.69, 9.17) is 4.74 Å². The molecule has 2 saturated heterocycles. The minimum atomic E-state index is -0.515. The number of aryl methyl sites for hydroxylation is 1. The number of rotatable bonds is 1. The maximum absolute atomic E-state index is 11.3. The van der Waals surface area contributed by atoms with Gasteiger partial charge in [-0.2, -0.15) is 11.8 Å². The van der Waals surface area contributed by atoms with Crippen molar-refractivity contribution in [2.75, 3.05) is 18.1 Å². The summed E-state index contributed by atoms with van der Waals surface area (Å²) in [6.45, 7) is 0.829. The molecule has 1 aromatic rings. The second-order valence-electron chi connectivity index (χ2n) is 7.07. The SMILES string of the molecule is OC1(C2CCOC3(CCSC3)C2)CCc2ccccc2C1. The van der Waals surface area contributed by atoms with Crippen LogP contribution in [0.25, 0.3) is 0 Å². The van der Waals surface area contributed by atoms with Crippen molar-refractivity contribution < 1.29 is 9.84 Å². The fourth-order valence-electron chi connectivity index (χ4n) is 4.44. The Morgan fingerprint density at radius 2 is 2.05 bits per heavy atom. The average molecular weight is 304 g/mol. The number of ether oxygens (including phenoxy) is 1. The standard InChI is InChI=1S/C18H24O2S/c19-18(7-5-14-3-1-2-4-15(14)11-18)16-6-9-20-17(12-16)8-10-21-13-17/h1-4,16,19H,5-13H2. The summed E-state index contributed by atoms with van der Waals surface area (Å²) in [4.78, 5) is 0. The van der Waals surface area contributed by atoms with E-state index in [-0.39, 0.29) is 5.60 Å². The van der Waals surface area contributed by atoms with Crippen LogP contribution in [0.15, 0.2) is 24.3 Å². The Bertz CT molecular complexity index is 524. The predicted octanol–water partition coefficient (Wildman–Crippen LogP) is 3.21. The lowest BCUT2D eigenvalue weighted by Crippen LogP contribution is -2.51. The van der Waals surface area contributed by atoms with E-state index in [1.165, 1.54) is 23.3 Å². The number of hydrogen-bond acceptors (Lipinski definition) is 3. The zero-order valence-corrected chi connectivity index (χ0v) is 13.3. The molecule has 2 heterocycles. The molecule has 0 aromatic heterocycles. The summed E-state index contributed by atoms with van der Waals surface area (Å²) < 4.78 is 6.13. The van der Waals surface area contributed by atoms with Gasteiger partial charge >= 0.3 is 0 Å². The molecule has 2 aliphatic heterocycles. The normalized spacial score (nSPS) is 39.4. The zero-order chi connectivity index (χ0) is 14.3. The van der Waals surface area contributed by atoms with Crippen LogP contribution in [-0.2, 0) is 17.6 Å². The van der Waals surface area contributed by atoms with Gasteiger partial charge in [-0.3, -0.25) is 0 Å². The molecule has 4 rings (SSSR count). The van der Waals surface area contributed by atoms with E-state index < -0.39 is 5.60 Å². The average Bonchev–Trinajstić information content (AvgIpc) is 2.95. The van der Waals surface area contributed by atoms with Gasteiger partial charge < -0.3 is 9.84 Å². The Morgan fingerprint density at radius 3 is 2.86 bits per heavy atom. The molecular weight excluding hydrogens is 280 g/mol. The topological polar surface area (TPSA) is 29.5 Å². The molecule has 3 atom stereocenters. The largest absolute Gasteiger partial charge is 0.389 e. The van der Waals surface area contributed by atoms with E-state index in [1.807, 2.05) is 11.8 Å². The van der Waals surface area contributed by atoms with Gasteiger partial charge in [0.2, 0.25) is 0 Å². The summed E-state index contributed by atoms with van der Waals surface area (Å²) in [7, 11) is 0. The second-order valence-corrected chi connectivity index (χ2v) is 8.18. The molecular formula is C18H24O2S. The molecule has 3 unspecified atom stereocenters. The lowest BCUT2D eigenvalue weighted by Gasteiger charge is -2.47. The molecule has 1 spiro atoms. The summed E-state index contributed by atoms with van der Waals surface area (Å²) in [6, 6.07) is 8.63. The molecule has 2 fully saturated rings. The van der Waals surface area contributed by atoms with Crippen LogP contribution < -0.4 is 0 Å². The molecule has 114 valence electrons. The monoisotopic (exact) mass is 304 g/mol. The summed E-state index contributed by atoms with van der Waals surface area (Å²) in [6.07, 6.45) is 6.01. The summed E-state index contributed by atoms with van der Waals surface area (Å²) >= 11 is 2.01. The third kappa shape index (κ3) is 2.54. The maximum Gasteiger partial charge on any atom is 0.0784 e. The highest BCUT2D eigenvalue weighted by atomic mass is 32.2. The van der Waals surface area contributed by atoms with E-state index in [0.29, 0.717) is 5.92 Å². The van der Waals surface area contributed by atoms with Crippen molar-refractivity contribution in [1.29, 1.82) is 0 Å². The lowest BCUT2D eigenvalue weighted by molar-refractivity contribution is -0.135. The van der Waals surface area contributed by atoms with Crippen LogP contribution in [0.2, 0.25) is 0 Å². The van der Waals surface area contributed by atoms with Gasteiger partial charge in [0.05, 0.1) is 11.2 Å². The zero-order valence-electron chi connectivity index (χ0n) is 12.5. The molecule has 2 nitrogen and oxygen atoms in total. The van der Waals surface area contributed by atoms with Crippen LogP contribution in [-0.4, -0.2) is 34.4 Å². The molecule has 0 bridgehead atoms. The van der Waals surface area contributed by atoms with Crippen LogP contribution in [0.1, 0.15) is 36.8 Å². The van der Waals surface area contributed by atoms with Crippen LogP contribution in [0.5, 0.6) is 0 Å². The van der Waals surface area contributed by atoms with Crippen LogP contribution in [0.3, 0.4) is 0 Å². The van der Waals surface area contributed by atoms with Crippen molar-refractivity contribution in [3.05, 3.63) is 35.4 Å². The van der Waals surface area contributed by atoms with Gasteiger partial charge in [-0.1, -0.05) is 24.3 Å². The first-order valence-electron chi connectivity index (χ1n) is 8.20. The van der Waals surface area contributed by atoms with Crippen LogP contribution >= 0.6 is 11.8 Å². The Hall–Kier alpha value is -0.510. The number of hydrogen-bond donors (Lipinski definition) is 1. The highest BCUT2D eigenvalue weighted by molar-refractivity contribution is 7.99. The van der Waals surface area contributed by atoms with Crippen molar-refractivity contribution in [2.24, 2.45) is 5.92 Å². The predicted molar refractivity (Wildman–Crippen MR) is 86.8 cm³/mol. The van der Waals surface area contributed by atoms with E-state index in [1.54, 1.807) is 0 Å². The van der Waals surface area contributed by atoms with Gasteiger partial charge in [0.1, 0.15) is 0 Å². The molecule has 0 saturated carbocycles. The molecule has 0 radical (unpaired) electrons. The molecule has 1 N–H and O–H groups in total. The van der Waals surface area contributed by atoms with Crippen molar-refractivity contribution in [3.63, 3.8) is 0 Å². The summed E-state index contributed by atoms with van der Waals surface area (Å²) in [5.41, 5.74) is 2.34. The first kappa shape index (κ1) is 14.1. The molecule has 3 aliphatic rings. The fraction of sp³-hybridized carbons (Fsp3) is 0.667. The van der Waals surface area contributed by atoms with Gasteiger partial charge in [0.25, 0.3) is 0 Å². The van der Waals surface area contributed by atoms with Gasteiger partial charge in [-0.15, -0.1) is 0 Å². The molecule has 1 aliphatic carbocycles. The smallest absolute Gasteiger partial charge is 0.0784 e. The maximum atomic E-state index is 11.3. The molecule has 21 heavy (non-hydrogen) atoms. The minimum absolute atomic E-state index is 0.0697. The number of aliphatic hydroxyl groups is 1. The molecule has 0 amide bonds. The van der Waals surface area contributed by atoms with Crippen LogP contribution in [0.4, 0.5) is 0 Å². The Morgan fingerprint density at radius 1 is 1.19 bits per heavy atom. The summed E-state index contributed by atoms with van der Waals surface area (Å²) in [5.74, 6) is 2.74. The highest BCUT2D eigenvalue weighted by Crippen LogP contribution is 2.46. The summed E-state index contributed by atoms with van der Waals surface area (Å²) in [5, 5.41) is 11.3. The first-order chi connectivity index (χ1) is 10.2. The number of thioether (sulfide) groups is 1. The van der Waals surface area contributed by atoms with E-state index in [0.717, 1.165) is 44.5 Å². The van der Waals surface area contributed by atoms with Gasteiger partial charge in [-0.25, -0.2) is 0 Å². The van der Waals surface area contributed by atoms with E-state index >= 15 is 0 Å². The van der Waals surface area contributed by atoms with Gasteiger partial charge in [0.15, 0.2) is 0 Å². The number of benzene rings is 1. The van der Waals surface area contributed by atoms with Crippen molar-refractivity contribution in [2.45, 2.75) is 49.7 Å².